The van der Waals surface area contributed by atoms with Gasteiger partial charge in [0.2, 0.25) is 5.91 Å². The lowest BCUT2D eigenvalue weighted by Crippen LogP contribution is -2.16. The second-order valence-electron chi connectivity index (χ2n) is 7.09. The first-order valence-corrected chi connectivity index (χ1v) is 12.1. The summed E-state index contributed by atoms with van der Waals surface area (Å²) in [6.45, 7) is 7.11. The Labute approximate surface area is 199 Å². The molecule has 0 aliphatic carbocycles. The summed E-state index contributed by atoms with van der Waals surface area (Å²) in [6.07, 6.45) is 0. The van der Waals surface area contributed by atoms with Crippen LogP contribution in [0.4, 0.5) is 5.69 Å². The van der Waals surface area contributed by atoms with Crippen LogP contribution in [0.25, 0.3) is 0 Å². The van der Waals surface area contributed by atoms with Crippen LogP contribution in [0.5, 0.6) is 5.75 Å². The zero-order chi connectivity index (χ0) is 22.4. The maximum Gasteiger partial charge on any atom is 0.234 e. The molecule has 6 nitrogen and oxygen atoms in total. The molecule has 2 aromatic carbocycles. The molecule has 1 heterocycles. The molecular formula is C22H24BrClN4O2S. The lowest BCUT2D eigenvalue weighted by Gasteiger charge is -2.14. The summed E-state index contributed by atoms with van der Waals surface area (Å²) < 4.78 is 8.71. The third kappa shape index (κ3) is 6.24. The van der Waals surface area contributed by atoms with E-state index in [4.69, 9.17) is 16.3 Å². The van der Waals surface area contributed by atoms with Gasteiger partial charge in [0, 0.05) is 16.7 Å². The Kier molecular flexibility index (Phi) is 8.40. The van der Waals surface area contributed by atoms with Gasteiger partial charge in [0.25, 0.3) is 0 Å². The Balaban J connectivity index is 1.62. The van der Waals surface area contributed by atoms with E-state index in [2.05, 4.69) is 45.3 Å². The van der Waals surface area contributed by atoms with Crippen molar-refractivity contribution in [3.8, 4) is 5.75 Å². The van der Waals surface area contributed by atoms with Crippen molar-refractivity contribution in [3.05, 3.63) is 63.3 Å². The first kappa shape index (κ1) is 23.6. The number of benzene rings is 2. The van der Waals surface area contributed by atoms with Gasteiger partial charge in [0.15, 0.2) is 11.0 Å². The highest BCUT2D eigenvalue weighted by Gasteiger charge is 2.15. The van der Waals surface area contributed by atoms with E-state index in [1.54, 1.807) is 6.07 Å². The lowest BCUT2D eigenvalue weighted by atomic mass is 10.0. The highest BCUT2D eigenvalue weighted by Crippen LogP contribution is 2.28. The lowest BCUT2D eigenvalue weighted by molar-refractivity contribution is -0.113. The van der Waals surface area contributed by atoms with Gasteiger partial charge < -0.3 is 14.6 Å². The minimum atomic E-state index is -0.0891. The summed E-state index contributed by atoms with van der Waals surface area (Å²) in [4.78, 5) is 12.6. The quantitative estimate of drug-likeness (QED) is 0.341. The number of nitrogens with one attached hydrogen (secondary N) is 1. The molecule has 1 aromatic heterocycles. The van der Waals surface area contributed by atoms with Crippen molar-refractivity contribution in [2.45, 2.75) is 45.0 Å². The maximum absolute atomic E-state index is 12.6. The monoisotopic (exact) mass is 522 g/mol. The fourth-order valence-electron chi connectivity index (χ4n) is 3.00. The predicted octanol–water partition coefficient (Wildman–Crippen LogP) is 6.15. The van der Waals surface area contributed by atoms with Gasteiger partial charge in [-0.1, -0.05) is 65.3 Å². The zero-order valence-corrected chi connectivity index (χ0v) is 20.7. The number of aromatic nitrogens is 3. The summed E-state index contributed by atoms with van der Waals surface area (Å²) in [6, 6.07) is 13.2. The molecule has 31 heavy (non-hydrogen) atoms. The smallest absolute Gasteiger partial charge is 0.234 e. The van der Waals surface area contributed by atoms with Gasteiger partial charge in [-0.15, -0.1) is 10.2 Å². The second-order valence-corrected chi connectivity index (χ2v) is 9.35. The maximum atomic E-state index is 12.6. The number of carbonyl (C=O) groups excluding carboxylic acids is 1. The minimum absolute atomic E-state index is 0.0891. The van der Waals surface area contributed by atoms with Gasteiger partial charge in [-0.3, -0.25) is 4.79 Å². The normalized spacial score (nSPS) is 11.0. The molecule has 9 heteroatoms. The van der Waals surface area contributed by atoms with Gasteiger partial charge in [0.1, 0.15) is 12.4 Å². The number of thioether (sulfide) groups is 1. The van der Waals surface area contributed by atoms with Crippen LogP contribution in [0.1, 0.15) is 38.1 Å². The van der Waals surface area contributed by atoms with Crippen molar-refractivity contribution in [1.82, 2.24) is 14.8 Å². The van der Waals surface area contributed by atoms with Gasteiger partial charge >= 0.3 is 0 Å². The number of hydrogen-bond acceptors (Lipinski definition) is 5. The van der Waals surface area contributed by atoms with Crippen LogP contribution in [-0.4, -0.2) is 26.4 Å². The van der Waals surface area contributed by atoms with E-state index in [0.717, 1.165) is 15.7 Å². The molecule has 0 saturated heterocycles. The van der Waals surface area contributed by atoms with E-state index in [9.17, 15) is 4.79 Å². The van der Waals surface area contributed by atoms with Crippen LogP contribution in [0.15, 0.2) is 52.1 Å². The van der Waals surface area contributed by atoms with E-state index >= 15 is 0 Å². The Morgan fingerprint density at radius 2 is 2.03 bits per heavy atom. The molecule has 1 N–H and O–H groups in total. The summed E-state index contributed by atoms with van der Waals surface area (Å²) in [5, 5.41) is 12.7. The van der Waals surface area contributed by atoms with E-state index in [1.165, 1.54) is 11.8 Å². The molecule has 0 unspecified atom stereocenters. The van der Waals surface area contributed by atoms with Crippen LogP contribution in [0, 0.1) is 0 Å². The van der Waals surface area contributed by atoms with E-state index in [1.807, 2.05) is 47.9 Å². The molecule has 1 amide bonds. The van der Waals surface area contributed by atoms with Crippen LogP contribution in [-0.2, 0) is 17.9 Å². The number of carbonyl (C=O) groups is 1. The molecule has 3 aromatic rings. The van der Waals surface area contributed by atoms with E-state index in [-0.39, 0.29) is 18.3 Å². The van der Waals surface area contributed by atoms with Crippen LogP contribution in [0.3, 0.4) is 0 Å². The molecule has 0 radical (unpaired) electrons. The number of para-hydroxylation sites is 1. The summed E-state index contributed by atoms with van der Waals surface area (Å²) in [5.41, 5.74) is 1.91. The topological polar surface area (TPSA) is 69.0 Å². The number of nitrogens with zero attached hydrogens (tertiary/aromatic N) is 3. The number of ether oxygens (including phenoxy) is 1. The van der Waals surface area contributed by atoms with Crippen molar-refractivity contribution >= 4 is 50.9 Å². The Hall–Kier alpha value is -2.03. The SMILES string of the molecule is CCn1c(COc2ccccc2Cl)nnc1SCC(=O)Nc1ccc(Br)cc1C(C)C. The number of anilines is 1. The average molecular weight is 524 g/mol. The van der Waals surface area contributed by atoms with Crippen molar-refractivity contribution < 1.29 is 9.53 Å². The van der Waals surface area contributed by atoms with Crippen LogP contribution >= 0.6 is 39.3 Å². The second kappa shape index (κ2) is 11.0. The largest absolute Gasteiger partial charge is 0.484 e. The van der Waals surface area contributed by atoms with Crippen molar-refractivity contribution in [2.24, 2.45) is 0 Å². The van der Waals surface area contributed by atoms with Crippen LogP contribution < -0.4 is 10.1 Å². The zero-order valence-electron chi connectivity index (χ0n) is 17.6. The molecule has 0 aliphatic heterocycles. The Morgan fingerprint density at radius 3 is 2.74 bits per heavy atom. The van der Waals surface area contributed by atoms with Crippen molar-refractivity contribution in [2.75, 3.05) is 11.1 Å². The molecule has 0 atom stereocenters. The number of halogens is 2. The van der Waals surface area contributed by atoms with Crippen LogP contribution in [0.2, 0.25) is 5.02 Å². The summed E-state index contributed by atoms with van der Waals surface area (Å²) in [7, 11) is 0. The van der Waals surface area contributed by atoms with E-state index < -0.39 is 0 Å². The van der Waals surface area contributed by atoms with Gasteiger partial charge in [-0.2, -0.15) is 0 Å². The van der Waals surface area contributed by atoms with E-state index in [0.29, 0.717) is 34.2 Å². The molecule has 0 bridgehead atoms. The van der Waals surface area contributed by atoms with Crippen molar-refractivity contribution in [3.63, 3.8) is 0 Å². The molecule has 0 saturated carbocycles. The third-order valence-electron chi connectivity index (χ3n) is 4.55. The van der Waals surface area contributed by atoms with Gasteiger partial charge in [-0.25, -0.2) is 0 Å². The number of hydrogen-bond donors (Lipinski definition) is 1. The molecule has 0 fully saturated rings. The molecular weight excluding hydrogens is 500 g/mol. The van der Waals surface area contributed by atoms with Crippen molar-refractivity contribution in [1.29, 1.82) is 0 Å². The number of amides is 1. The van der Waals surface area contributed by atoms with Gasteiger partial charge in [0.05, 0.1) is 10.8 Å². The fraction of sp³-hybridized carbons (Fsp3) is 0.318. The highest BCUT2D eigenvalue weighted by atomic mass is 79.9. The first-order chi connectivity index (χ1) is 14.9. The number of rotatable bonds is 9. The van der Waals surface area contributed by atoms with Gasteiger partial charge in [-0.05, 0) is 48.7 Å². The third-order valence-corrected chi connectivity index (χ3v) is 6.32. The summed E-state index contributed by atoms with van der Waals surface area (Å²) in [5.74, 6) is 1.72. The fourth-order valence-corrected chi connectivity index (χ4v) is 4.39. The highest BCUT2D eigenvalue weighted by molar-refractivity contribution is 9.10. The Morgan fingerprint density at radius 1 is 1.26 bits per heavy atom. The Bertz CT molecular complexity index is 1060. The summed E-state index contributed by atoms with van der Waals surface area (Å²) >= 11 is 11.0. The first-order valence-electron chi connectivity index (χ1n) is 9.90. The average Bonchev–Trinajstić information content (AvgIpc) is 3.14. The molecule has 164 valence electrons. The molecule has 3 rings (SSSR count). The standard InChI is InChI=1S/C22H24BrClN4O2S/c1-4-28-20(12-30-19-8-6-5-7-17(19)24)26-27-22(28)31-13-21(29)25-18-10-9-15(23)11-16(18)14(2)3/h5-11,14H,4,12-13H2,1-3H3,(H,25,29). The minimum Gasteiger partial charge on any atom is -0.484 e. The molecule has 0 spiro atoms. The molecule has 0 aliphatic rings. The predicted molar refractivity (Wildman–Crippen MR) is 129 cm³/mol.